The van der Waals surface area contributed by atoms with Gasteiger partial charge in [-0.15, -0.1) is 6.42 Å². The molecule has 0 aromatic heterocycles. The van der Waals surface area contributed by atoms with Crippen LogP contribution in [0.4, 0.5) is 5.69 Å². The van der Waals surface area contributed by atoms with Crippen molar-refractivity contribution in [1.82, 2.24) is 0 Å². The van der Waals surface area contributed by atoms with Crippen LogP contribution in [0, 0.1) is 23.7 Å². The van der Waals surface area contributed by atoms with E-state index in [4.69, 9.17) is 6.42 Å². The third-order valence-corrected chi connectivity index (χ3v) is 3.03. The first-order valence-electron chi connectivity index (χ1n) is 5.72. The highest BCUT2D eigenvalue weighted by Gasteiger charge is 2.26. The van der Waals surface area contributed by atoms with E-state index in [-0.39, 0.29) is 17.2 Å². The first-order chi connectivity index (χ1) is 7.86. The zero-order valence-electron chi connectivity index (χ0n) is 10.9. The zero-order valence-corrected chi connectivity index (χ0v) is 10.9. The van der Waals surface area contributed by atoms with Gasteiger partial charge < -0.3 is 5.32 Å². The Labute approximate surface area is 103 Å². The monoisotopic (exact) mass is 229 g/mol. The quantitative estimate of drug-likeness (QED) is 0.775. The molecule has 1 unspecified atom stereocenters. The molecule has 0 aliphatic heterocycles. The Morgan fingerprint density at radius 3 is 2.47 bits per heavy atom. The molecule has 1 aromatic carbocycles. The predicted octanol–water partition coefficient (Wildman–Crippen LogP) is 3.29. The van der Waals surface area contributed by atoms with Crippen LogP contribution >= 0.6 is 0 Å². The highest BCUT2D eigenvalue weighted by atomic mass is 16.1. The van der Waals surface area contributed by atoms with Crippen LogP contribution in [-0.2, 0) is 4.79 Å². The molecule has 0 aliphatic rings. The Kier molecular flexibility index (Phi) is 3.96. The van der Waals surface area contributed by atoms with Gasteiger partial charge >= 0.3 is 0 Å². The maximum Gasteiger partial charge on any atom is 0.227 e. The van der Waals surface area contributed by atoms with Gasteiger partial charge in [0.15, 0.2) is 0 Å². The molecule has 17 heavy (non-hydrogen) atoms. The molecule has 1 rings (SSSR count). The van der Waals surface area contributed by atoms with E-state index in [1.54, 1.807) is 0 Å². The summed E-state index contributed by atoms with van der Waals surface area (Å²) in [4.78, 5) is 12.0. The fraction of sp³-hybridized carbons (Fsp3) is 0.400. The highest BCUT2D eigenvalue weighted by molar-refractivity contribution is 5.94. The van der Waals surface area contributed by atoms with Crippen molar-refractivity contribution in [1.29, 1.82) is 0 Å². The van der Waals surface area contributed by atoms with E-state index < -0.39 is 0 Å². The molecule has 1 aromatic rings. The number of carbonyl (C=O) groups excluding carboxylic acids is 1. The lowest BCUT2D eigenvalue weighted by Crippen LogP contribution is -2.31. The number of benzene rings is 1. The molecule has 0 radical (unpaired) electrons. The number of nitrogens with one attached hydrogen (secondary N) is 1. The van der Waals surface area contributed by atoms with Gasteiger partial charge in [0.2, 0.25) is 5.91 Å². The third kappa shape index (κ3) is 3.35. The summed E-state index contributed by atoms with van der Waals surface area (Å²) in [5, 5.41) is 2.89. The van der Waals surface area contributed by atoms with Crippen LogP contribution in [0.3, 0.4) is 0 Å². The number of hydrogen-bond acceptors (Lipinski definition) is 1. The Morgan fingerprint density at radius 1 is 1.35 bits per heavy atom. The second-order valence-corrected chi connectivity index (χ2v) is 5.27. The number of hydrogen-bond donors (Lipinski definition) is 1. The SMILES string of the molecule is C#Cc1ccccc1NC(=O)C(C)C(C)(C)C. The molecule has 0 bridgehead atoms. The lowest BCUT2D eigenvalue weighted by atomic mass is 9.81. The van der Waals surface area contributed by atoms with Gasteiger partial charge in [-0.1, -0.05) is 45.7 Å². The summed E-state index contributed by atoms with van der Waals surface area (Å²) in [5.41, 5.74) is 1.35. The Morgan fingerprint density at radius 2 is 1.94 bits per heavy atom. The van der Waals surface area contributed by atoms with Crippen LogP contribution in [-0.4, -0.2) is 5.91 Å². The minimum Gasteiger partial charge on any atom is -0.325 e. The van der Waals surface area contributed by atoms with Gasteiger partial charge in [0.25, 0.3) is 0 Å². The summed E-state index contributed by atoms with van der Waals surface area (Å²) in [6, 6.07) is 7.36. The van der Waals surface area contributed by atoms with Gasteiger partial charge in [0.05, 0.1) is 5.69 Å². The summed E-state index contributed by atoms with van der Waals surface area (Å²) in [7, 11) is 0. The van der Waals surface area contributed by atoms with Crippen molar-refractivity contribution >= 4 is 11.6 Å². The average Bonchev–Trinajstić information content (AvgIpc) is 2.27. The smallest absolute Gasteiger partial charge is 0.227 e. The Hall–Kier alpha value is -1.75. The number of amides is 1. The molecule has 2 nitrogen and oxygen atoms in total. The molecular weight excluding hydrogens is 210 g/mol. The topological polar surface area (TPSA) is 29.1 Å². The summed E-state index contributed by atoms with van der Waals surface area (Å²) < 4.78 is 0. The van der Waals surface area contributed by atoms with Crippen molar-refractivity contribution < 1.29 is 4.79 Å². The fourth-order valence-electron chi connectivity index (χ4n) is 1.35. The molecule has 0 fully saturated rings. The molecule has 90 valence electrons. The van der Waals surface area contributed by atoms with Gasteiger partial charge in [-0.25, -0.2) is 0 Å². The number of carbonyl (C=O) groups is 1. The number of rotatable bonds is 2. The van der Waals surface area contributed by atoms with Crippen molar-refractivity contribution in [3.05, 3.63) is 29.8 Å². The summed E-state index contributed by atoms with van der Waals surface area (Å²) in [5.74, 6) is 2.49. The van der Waals surface area contributed by atoms with Crippen molar-refractivity contribution in [2.24, 2.45) is 11.3 Å². The minimum absolute atomic E-state index is 0.000185. The molecule has 2 heteroatoms. The molecular formula is C15H19NO. The fourth-order valence-corrected chi connectivity index (χ4v) is 1.35. The van der Waals surface area contributed by atoms with Gasteiger partial charge in [0, 0.05) is 11.5 Å². The first-order valence-corrected chi connectivity index (χ1v) is 5.72. The van der Waals surface area contributed by atoms with E-state index in [1.165, 1.54) is 0 Å². The average molecular weight is 229 g/mol. The van der Waals surface area contributed by atoms with E-state index in [2.05, 4.69) is 11.2 Å². The van der Waals surface area contributed by atoms with Gasteiger partial charge in [-0.05, 0) is 17.5 Å². The van der Waals surface area contributed by atoms with E-state index >= 15 is 0 Å². The van der Waals surface area contributed by atoms with Crippen LogP contribution in [0.25, 0.3) is 0 Å². The van der Waals surface area contributed by atoms with Crippen LogP contribution in [0.15, 0.2) is 24.3 Å². The summed E-state index contributed by atoms with van der Waals surface area (Å²) in [6.45, 7) is 8.06. The molecule has 0 heterocycles. The molecule has 0 aliphatic carbocycles. The second-order valence-electron chi connectivity index (χ2n) is 5.27. The minimum atomic E-state index is -0.0756. The maximum absolute atomic E-state index is 12.0. The molecule has 0 saturated heterocycles. The predicted molar refractivity (Wildman–Crippen MR) is 71.6 cm³/mol. The molecule has 1 N–H and O–H groups in total. The van der Waals surface area contributed by atoms with Crippen molar-refractivity contribution in [3.8, 4) is 12.3 Å². The first kappa shape index (κ1) is 13.3. The number of para-hydroxylation sites is 1. The van der Waals surface area contributed by atoms with E-state index in [0.29, 0.717) is 11.3 Å². The van der Waals surface area contributed by atoms with E-state index in [1.807, 2.05) is 52.0 Å². The van der Waals surface area contributed by atoms with Crippen molar-refractivity contribution in [3.63, 3.8) is 0 Å². The van der Waals surface area contributed by atoms with Gasteiger partial charge in [-0.2, -0.15) is 0 Å². The van der Waals surface area contributed by atoms with Crippen molar-refractivity contribution in [2.75, 3.05) is 5.32 Å². The largest absolute Gasteiger partial charge is 0.325 e. The van der Waals surface area contributed by atoms with E-state index in [0.717, 1.165) is 0 Å². The highest BCUT2D eigenvalue weighted by Crippen LogP contribution is 2.27. The standard InChI is InChI=1S/C15H19NO/c1-6-12-9-7-8-10-13(12)16-14(17)11(2)15(3,4)5/h1,7-11H,2-5H3,(H,16,17). The van der Waals surface area contributed by atoms with Crippen LogP contribution < -0.4 is 5.32 Å². The molecule has 1 amide bonds. The van der Waals surface area contributed by atoms with Gasteiger partial charge in [0.1, 0.15) is 0 Å². The van der Waals surface area contributed by atoms with Crippen LogP contribution in [0.5, 0.6) is 0 Å². The second kappa shape index (κ2) is 5.05. The Balaban J connectivity index is 2.86. The van der Waals surface area contributed by atoms with Crippen LogP contribution in [0.2, 0.25) is 0 Å². The van der Waals surface area contributed by atoms with Gasteiger partial charge in [-0.3, -0.25) is 4.79 Å². The third-order valence-electron chi connectivity index (χ3n) is 3.03. The summed E-state index contributed by atoms with van der Waals surface area (Å²) >= 11 is 0. The molecule has 1 atom stereocenters. The molecule has 0 spiro atoms. The molecule has 0 saturated carbocycles. The normalized spacial score (nSPS) is 12.6. The van der Waals surface area contributed by atoms with E-state index in [9.17, 15) is 4.79 Å². The zero-order chi connectivity index (χ0) is 13.1. The number of terminal acetylenes is 1. The number of anilines is 1. The lowest BCUT2D eigenvalue weighted by Gasteiger charge is -2.26. The Bertz CT molecular complexity index is 449. The van der Waals surface area contributed by atoms with Crippen molar-refractivity contribution in [2.45, 2.75) is 27.7 Å². The lowest BCUT2D eigenvalue weighted by molar-refractivity contribution is -0.122. The summed E-state index contributed by atoms with van der Waals surface area (Å²) in [6.07, 6.45) is 5.39. The maximum atomic E-state index is 12.0. The van der Waals surface area contributed by atoms with Crippen LogP contribution in [0.1, 0.15) is 33.3 Å².